The number of nitrogens with zero attached hydrogens (tertiary/aromatic N) is 3. The molecule has 146 valence electrons. The predicted octanol–water partition coefficient (Wildman–Crippen LogP) is 1.98. The lowest BCUT2D eigenvalue weighted by atomic mass is 10.1. The molecule has 1 amide bonds. The number of nitrogens with one attached hydrogen (secondary N) is 1. The van der Waals surface area contributed by atoms with E-state index in [1.54, 1.807) is 0 Å². The van der Waals surface area contributed by atoms with Gasteiger partial charge in [-0.05, 0) is 17.7 Å². The Morgan fingerprint density at radius 3 is 2.41 bits per heavy atom. The molecule has 2 heterocycles. The molecule has 1 aliphatic rings. The van der Waals surface area contributed by atoms with Gasteiger partial charge in [-0.25, -0.2) is 17.9 Å². The number of amides is 1. The maximum atomic E-state index is 12.7. The monoisotopic (exact) mass is 404 g/mol. The molecular weight excluding hydrogens is 389 g/mol. The van der Waals surface area contributed by atoms with Crippen molar-refractivity contribution in [3.63, 3.8) is 0 Å². The van der Waals surface area contributed by atoms with E-state index < -0.39 is 33.9 Å². The van der Waals surface area contributed by atoms with Gasteiger partial charge in [0, 0.05) is 5.56 Å². The minimum absolute atomic E-state index is 0.0916. The molecule has 0 aliphatic carbocycles. The number of anilines is 1. The van der Waals surface area contributed by atoms with Gasteiger partial charge in [-0.1, -0.05) is 12.1 Å². The SMILES string of the molecule is CS(=O)(=O)N1CC(NC(=O)O)Cn2ncc(-c3ccc(C(F)(F)F)cc3)c21. The van der Waals surface area contributed by atoms with Crippen LogP contribution in [0.25, 0.3) is 11.1 Å². The van der Waals surface area contributed by atoms with Crippen molar-refractivity contribution in [3.8, 4) is 11.1 Å². The quantitative estimate of drug-likeness (QED) is 0.814. The highest BCUT2D eigenvalue weighted by Crippen LogP contribution is 2.36. The van der Waals surface area contributed by atoms with Gasteiger partial charge >= 0.3 is 12.3 Å². The summed E-state index contributed by atoms with van der Waals surface area (Å²) in [6.07, 6.45) is -3.47. The zero-order chi connectivity index (χ0) is 20.0. The second kappa shape index (κ2) is 6.44. The van der Waals surface area contributed by atoms with E-state index in [0.717, 1.165) is 22.7 Å². The largest absolute Gasteiger partial charge is 0.465 e. The van der Waals surface area contributed by atoms with Crippen LogP contribution in [0.3, 0.4) is 0 Å². The van der Waals surface area contributed by atoms with E-state index in [1.807, 2.05) is 0 Å². The van der Waals surface area contributed by atoms with Crippen molar-refractivity contribution >= 4 is 21.9 Å². The summed E-state index contributed by atoms with van der Waals surface area (Å²) in [7, 11) is -3.78. The summed E-state index contributed by atoms with van der Waals surface area (Å²) in [4.78, 5) is 10.9. The number of aromatic nitrogens is 2. The molecule has 0 bridgehead atoms. The van der Waals surface area contributed by atoms with E-state index in [2.05, 4.69) is 10.4 Å². The third-order valence-electron chi connectivity index (χ3n) is 4.08. The van der Waals surface area contributed by atoms with E-state index in [0.29, 0.717) is 11.1 Å². The van der Waals surface area contributed by atoms with Gasteiger partial charge in [0.25, 0.3) is 0 Å². The van der Waals surface area contributed by atoms with Crippen molar-refractivity contribution in [1.29, 1.82) is 0 Å². The van der Waals surface area contributed by atoms with Gasteiger partial charge in [-0.3, -0.25) is 4.31 Å². The van der Waals surface area contributed by atoms with Crippen molar-refractivity contribution < 1.29 is 31.5 Å². The molecule has 1 atom stereocenters. The minimum Gasteiger partial charge on any atom is -0.465 e. The fourth-order valence-corrected chi connectivity index (χ4v) is 3.89. The van der Waals surface area contributed by atoms with Crippen molar-refractivity contribution in [2.45, 2.75) is 18.8 Å². The number of rotatable bonds is 3. The molecule has 1 aliphatic heterocycles. The van der Waals surface area contributed by atoms with Crippen molar-refractivity contribution in [1.82, 2.24) is 15.1 Å². The number of alkyl halides is 3. The lowest BCUT2D eigenvalue weighted by Gasteiger charge is -2.33. The molecule has 1 unspecified atom stereocenters. The normalized spacial score (nSPS) is 17.5. The minimum atomic E-state index is -4.48. The van der Waals surface area contributed by atoms with Crippen LogP contribution in [0.1, 0.15) is 5.56 Å². The molecule has 0 saturated carbocycles. The molecule has 0 radical (unpaired) electrons. The van der Waals surface area contributed by atoms with Crippen LogP contribution in [0.2, 0.25) is 0 Å². The predicted molar refractivity (Wildman–Crippen MR) is 89.8 cm³/mol. The first-order valence-electron chi connectivity index (χ1n) is 7.67. The van der Waals surface area contributed by atoms with Crippen molar-refractivity contribution in [2.75, 3.05) is 17.1 Å². The molecule has 2 N–H and O–H groups in total. The van der Waals surface area contributed by atoms with Crippen LogP contribution in [0, 0.1) is 0 Å². The Balaban J connectivity index is 2.04. The number of fused-ring (bicyclic) bond motifs is 1. The average Bonchev–Trinajstić information content (AvgIpc) is 2.95. The summed E-state index contributed by atoms with van der Waals surface area (Å²) in [6.45, 7) is -0.0568. The average molecular weight is 404 g/mol. The van der Waals surface area contributed by atoms with Gasteiger partial charge in [0.15, 0.2) is 0 Å². The summed E-state index contributed by atoms with van der Waals surface area (Å²) in [6, 6.07) is 3.57. The van der Waals surface area contributed by atoms with Crippen LogP contribution in [0.15, 0.2) is 30.5 Å². The van der Waals surface area contributed by atoms with E-state index in [4.69, 9.17) is 5.11 Å². The molecule has 1 aromatic heterocycles. The van der Waals surface area contributed by atoms with Gasteiger partial charge in [0.2, 0.25) is 10.0 Å². The lowest BCUT2D eigenvalue weighted by Crippen LogP contribution is -2.51. The molecule has 1 aromatic carbocycles. The second-order valence-corrected chi connectivity index (χ2v) is 7.99. The fraction of sp³-hybridized carbons (Fsp3) is 0.333. The Bertz CT molecular complexity index is 970. The highest BCUT2D eigenvalue weighted by atomic mass is 32.2. The molecular formula is C15H15F3N4O4S. The van der Waals surface area contributed by atoms with Crippen molar-refractivity contribution in [3.05, 3.63) is 36.0 Å². The highest BCUT2D eigenvalue weighted by molar-refractivity contribution is 7.92. The summed E-state index contributed by atoms with van der Waals surface area (Å²) >= 11 is 0. The molecule has 8 nitrogen and oxygen atoms in total. The van der Waals surface area contributed by atoms with E-state index in [1.165, 1.54) is 23.0 Å². The maximum absolute atomic E-state index is 12.7. The van der Waals surface area contributed by atoms with Gasteiger partial charge < -0.3 is 10.4 Å². The summed E-state index contributed by atoms with van der Waals surface area (Å²) < 4.78 is 65.0. The standard InChI is InChI=1S/C15H15F3N4O4S/c1-27(25,26)22-8-11(20-14(23)24)7-21-13(22)12(6-19-21)9-2-4-10(5-3-9)15(16,17)18/h2-6,11,20H,7-8H2,1H3,(H,23,24). The number of hydrogen-bond donors (Lipinski definition) is 2. The lowest BCUT2D eigenvalue weighted by molar-refractivity contribution is -0.137. The molecule has 0 fully saturated rings. The van der Waals surface area contributed by atoms with Crippen LogP contribution in [0.4, 0.5) is 23.8 Å². The summed E-state index contributed by atoms with van der Waals surface area (Å²) in [5, 5.41) is 15.2. The smallest absolute Gasteiger partial charge is 0.416 e. The van der Waals surface area contributed by atoms with Crippen LogP contribution in [-0.2, 0) is 22.7 Å². The third kappa shape index (κ3) is 3.84. The number of carboxylic acid groups (broad SMARTS) is 1. The number of halogens is 3. The Kier molecular flexibility index (Phi) is 4.54. The molecule has 3 rings (SSSR count). The van der Waals surface area contributed by atoms with Gasteiger partial charge in [-0.2, -0.15) is 18.3 Å². The number of benzene rings is 1. The Morgan fingerprint density at radius 2 is 1.89 bits per heavy atom. The fourth-order valence-electron chi connectivity index (χ4n) is 2.93. The molecule has 2 aromatic rings. The molecule has 0 saturated heterocycles. The zero-order valence-corrected chi connectivity index (χ0v) is 14.8. The first-order chi connectivity index (χ1) is 12.5. The van der Waals surface area contributed by atoms with E-state index in [9.17, 15) is 26.4 Å². The van der Waals surface area contributed by atoms with Crippen LogP contribution < -0.4 is 9.62 Å². The molecule has 27 heavy (non-hydrogen) atoms. The van der Waals surface area contributed by atoms with E-state index in [-0.39, 0.29) is 18.9 Å². The van der Waals surface area contributed by atoms with Gasteiger partial charge in [0.05, 0.1) is 37.1 Å². The van der Waals surface area contributed by atoms with Crippen LogP contribution >= 0.6 is 0 Å². The van der Waals surface area contributed by atoms with Crippen LogP contribution in [0.5, 0.6) is 0 Å². The highest BCUT2D eigenvalue weighted by Gasteiger charge is 2.35. The van der Waals surface area contributed by atoms with E-state index >= 15 is 0 Å². The summed E-state index contributed by atoms with van der Waals surface area (Å²) in [5.74, 6) is 0.181. The topological polar surface area (TPSA) is 105 Å². The maximum Gasteiger partial charge on any atom is 0.416 e. The zero-order valence-electron chi connectivity index (χ0n) is 13.9. The first-order valence-corrected chi connectivity index (χ1v) is 9.52. The Labute approximate surface area is 152 Å². The summed E-state index contributed by atoms with van der Waals surface area (Å²) in [5.41, 5.74) is -0.122. The Morgan fingerprint density at radius 1 is 1.26 bits per heavy atom. The number of carbonyl (C=O) groups is 1. The number of sulfonamides is 1. The molecule has 0 spiro atoms. The molecule has 12 heteroatoms. The van der Waals surface area contributed by atoms with Gasteiger partial charge in [0.1, 0.15) is 5.82 Å². The van der Waals surface area contributed by atoms with Crippen molar-refractivity contribution in [2.24, 2.45) is 0 Å². The second-order valence-electron chi connectivity index (χ2n) is 6.08. The van der Waals surface area contributed by atoms with Gasteiger partial charge in [-0.15, -0.1) is 0 Å². The third-order valence-corrected chi connectivity index (χ3v) is 5.20. The number of hydrogen-bond acceptors (Lipinski definition) is 4. The first kappa shape index (κ1) is 19.0. The Hall–Kier alpha value is -2.76. The van der Waals surface area contributed by atoms with Crippen LogP contribution in [-0.4, -0.2) is 48.2 Å².